The molecule has 0 saturated heterocycles. The maximum Gasteiger partial charge on any atom is 0.0637 e. The van der Waals surface area contributed by atoms with Gasteiger partial charge in [0, 0.05) is 31.4 Å². The van der Waals surface area contributed by atoms with Crippen LogP contribution in [0.4, 0.5) is 5.69 Å². The van der Waals surface area contributed by atoms with Crippen molar-refractivity contribution in [3.05, 3.63) is 29.8 Å². The molecule has 0 saturated carbocycles. The third kappa shape index (κ3) is 4.72. The summed E-state index contributed by atoms with van der Waals surface area (Å²) < 4.78 is 5.33. The van der Waals surface area contributed by atoms with Gasteiger partial charge in [0.25, 0.3) is 0 Å². The fourth-order valence-corrected chi connectivity index (χ4v) is 3.04. The summed E-state index contributed by atoms with van der Waals surface area (Å²) in [7, 11) is 3.82. The molecule has 0 aromatic heterocycles. The molecule has 0 fully saturated rings. The van der Waals surface area contributed by atoms with Crippen molar-refractivity contribution in [2.24, 2.45) is 0 Å². The normalized spacial score (nSPS) is 12.7. The Morgan fingerprint density at radius 3 is 2.29 bits per heavy atom. The van der Waals surface area contributed by atoms with Crippen LogP contribution in [0.3, 0.4) is 0 Å². The number of anilines is 1. The highest BCUT2D eigenvalue weighted by Crippen LogP contribution is 2.30. The van der Waals surface area contributed by atoms with Gasteiger partial charge in [-0.1, -0.05) is 39.0 Å². The summed E-state index contributed by atoms with van der Waals surface area (Å²) in [4.78, 5) is 2.53. The quantitative estimate of drug-likeness (QED) is 0.705. The molecule has 21 heavy (non-hydrogen) atoms. The first-order chi connectivity index (χ1) is 10.2. The van der Waals surface area contributed by atoms with Crippen molar-refractivity contribution < 1.29 is 4.74 Å². The molecule has 1 aromatic carbocycles. The summed E-state index contributed by atoms with van der Waals surface area (Å²) in [5.74, 6) is 0. The van der Waals surface area contributed by atoms with Gasteiger partial charge in [0.05, 0.1) is 6.61 Å². The van der Waals surface area contributed by atoms with Gasteiger partial charge in [0.1, 0.15) is 0 Å². The van der Waals surface area contributed by atoms with E-state index >= 15 is 0 Å². The van der Waals surface area contributed by atoms with E-state index < -0.39 is 0 Å². The number of hydrogen-bond acceptors (Lipinski definition) is 3. The zero-order valence-corrected chi connectivity index (χ0v) is 14.4. The molecule has 120 valence electrons. The smallest absolute Gasteiger partial charge is 0.0637 e. The summed E-state index contributed by atoms with van der Waals surface area (Å²) in [5, 5.41) is 3.44. The molecule has 0 heterocycles. The van der Waals surface area contributed by atoms with Crippen molar-refractivity contribution in [3.63, 3.8) is 0 Å². The number of methoxy groups -OCH3 is 1. The Bertz CT molecular complexity index is 387. The van der Waals surface area contributed by atoms with Gasteiger partial charge in [-0.2, -0.15) is 0 Å². The summed E-state index contributed by atoms with van der Waals surface area (Å²) in [6.07, 6.45) is 3.41. The summed E-state index contributed by atoms with van der Waals surface area (Å²) in [6, 6.07) is 9.76. The van der Waals surface area contributed by atoms with Gasteiger partial charge in [-0.05, 0) is 37.9 Å². The molecule has 0 radical (unpaired) electrons. The van der Waals surface area contributed by atoms with E-state index in [2.05, 4.69) is 55.3 Å². The van der Waals surface area contributed by atoms with E-state index in [1.807, 2.05) is 7.05 Å². The summed E-state index contributed by atoms with van der Waals surface area (Å²) in [6.45, 7) is 8.48. The third-order valence-corrected chi connectivity index (χ3v) is 4.30. The summed E-state index contributed by atoms with van der Waals surface area (Å²) in [5.41, 5.74) is 2.75. The van der Waals surface area contributed by atoms with Gasteiger partial charge in [0.15, 0.2) is 0 Å². The zero-order chi connectivity index (χ0) is 15.7. The molecule has 1 rings (SSSR count). The Labute approximate surface area is 130 Å². The zero-order valence-electron chi connectivity index (χ0n) is 14.4. The van der Waals surface area contributed by atoms with Crippen LogP contribution in [0, 0.1) is 0 Å². The van der Waals surface area contributed by atoms with Crippen LogP contribution >= 0.6 is 0 Å². The van der Waals surface area contributed by atoms with Gasteiger partial charge in [-0.3, -0.25) is 0 Å². The average molecular weight is 292 g/mol. The Kier molecular flexibility index (Phi) is 8.40. The highest BCUT2D eigenvalue weighted by molar-refractivity contribution is 5.56. The van der Waals surface area contributed by atoms with Crippen molar-refractivity contribution in [1.29, 1.82) is 0 Å². The highest BCUT2D eigenvalue weighted by atomic mass is 16.5. The fraction of sp³-hybridized carbons (Fsp3) is 0.667. The van der Waals surface area contributed by atoms with Crippen molar-refractivity contribution in [3.8, 4) is 0 Å². The molecular weight excluding hydrogens is 260 g/mol. The number of benzene rings is 1. The van der Waals surface area contributed by atoms with Gasteiger partial charge in [-0.25, -0.2) is 0 Å². The fourth-order valence-electron chi connectivity index (χ4n) is 3.04. The number of nitrogens with zero attached hydrogens (tertiary/aromatic N) is 1. The predicted octanol–water partition coefficient (Wildman–Crippen LogP) is 4.00. The molecule has 0 spiro atoms. The monoisotopic (exact) mass is 292 g/mol. The molecular formula is C18H32N2O. The van der Waals surface area contributed by atoms with Gasteiger partial charge >= 0.3 is 0 Å². The van der Waals surface area contributed by atoms with E-state index in [0.717, 1.165) is 32.4 Å². The summed E-state index contributed by atoms with van der Waals surface area (Å²) >= 11 is 0. The molecule has 0 aliphatic carbocycles. The van der Waals surface area contributed by atoms with Crippen LogP contribution in [0.2, 0.25) is 0 Å². The standard InChI is InChI=1S/C18H32N2O/c1-6-15(7-2)20(13-14-21-5)18-12-10-9-11-16(18)17(8-3)19-4/h9-12,15,17,19H,6-8,13-14H2,1-5H3. The van der Waals surface area contributed by atoms with Crippen molar-refractivity contribution in [2.45, 2.75) is 52.1 Å². The SMILES string of the molecule is CCC(NC)c1ccccc1N(CCOC)C(CC)CC. The Hall–Kier alpha value is -1.06. The maximum atomic E-state index is 5.33. The predicted molar refractivity (Wildman–Crippen MR) is 92.1 cm³/mol. The third-order valence-electron chi connectivity index (χ3n) is 4.30. The second kappa shape index (κ2) is 9.80. The molecule has 3 nitrogen and oxygen atoms in total. The lowest BCUT2D eigenvalue weighted by molar-refractivity contribution is 0.202. The first-order valence-corrected chi connectivity index (χ1v) is 8.25. The van der Waals surface area contributed by atoms with Crippen molar-refractivity contribution in [1.82, 2.24) is 5.32 Å². The number of rotatable bonds is 10. The van der Waals surface area contributed by atoms with Crippen LogP contribution in [0.15, 0.2) is 24.3 Å². The number of ether oxygens (including phenoxy) is 1. The second-order valence-electron chi connectivity index (χ2n) is 5.46. The minimum atomic E-state index is 0.403. The van der Waals surface area contributed by atoms with Crippen LogP contribution in [-0.2, 0) is 4.74 Å². The molecule has 0 amide bonds. The average Bonchev–Trinajstić information content (AvgIpc) is 2.53. The lowest BCUT2D eigenvalue weighted by atomic mass is 9.99. The van der Waals surface area contributed by atoms with E-state index in [4.69, 9.17) is 4.74 Å². The van der Waals surface area contributed by atoms with Crippen LogP contribution in [0.25, 0.3) is 0 Å². The molecule has 1 atom stereocenters. The molecule has 1 unspecified atom stereocenters. The van der Waals surface area contributed by atoms with E-state index in [0.29, 0.717) is 12.1 Å². The number of nitrogens with one attached hydrogen (secondary N) is 1. The lowest BCUT2D eigenvalue weighted by Crippen LogP contribution is -2.38. The first kappa shape index (κ1) is 18.0. The molecule has 1 aromatic rings. The van der Waals surface area contributed by atoms with E-state index in [1.54, 1.807) is 7.11 Å². The van der Waals surface area contributed by atoms with Crippen LogP contribution in [-0.4, -0.2) is 33.4 Å². The van der Waals surface area contributed by atoms with Crippen molar-refractivity contribution >= 4 is 5.69 Å². The van der Waals surface area contributed by atoms with Crippen LogP contribution < -0.4 is 10.2 Å². The van der Waals surface area contributed by atoms with E-state index in [9.17, 15) is 0 Å². The molecule has 0 aliphatic heterocycles. The first-order valence-electron chi connectivity index (χ1n) is 8.25. The highest BCUT2D eigenvalue weighted by Gasteiger charge is 2.20. The molecule has 3 heteroatoms. The van der Waals surface area contributed by atoms with Gasteiger partial charge < -0.3 is 15.0 Å². The van der Waals surface area contributed by atoms with Crippen LogP contribution in [0.1, 0.15) is 51.6 Å². The maximum absolute atomic E-state index is 5.33. The molecule has 0 bridgehead atoms. The van der Waals surface area contributed by atoms with Crippen molar-refractivity contribution in [2.75, 3.05) is 32.2 Å². The molecule has 0 aliphatic rings. The topological polar surface area (TPSA) is 24.5 Å². The number of hydrogen-bond donors (Lipinski definition) is 1. The number of para-hydroxylation sites is 1. The van der Waals surface area contributed by atoms with Crippen LogP contribution in [0.5, 0.6) is 0 Å². The van der Waals surface area contributed by atoms with Gasteiger partial charge in [0.2, 0.25) is 0 Å². The van der Waals surface area contributed by atoms with E-state index in [-0.39, 0.29) is 0 Å². The second-order valence-corrected chi connectivity index (χ2v) is 5.46. The Morgan fingerprint density at radius 2 is 1.76 bits per heavy atom. The minimum absolute atomic E-state index is 0.403. The Balaban J connectivity index is 3.16. The largest absolute Gasteiger partial charge is 0.383 e. The van der Waals surface area contributed by atoms with E-state index in [1.165, 1.54) is 11.3 Å². The minimum Gasteiger partial charge on any atom is -0.383 e. The Morgan fingerprint density at radius 1 is 1.10 bits per heavy atom. The molecule has 1 N–H and O–H groups in total. The lowest BCUT2D eigenvalue weighted by Gasteiger charge is -2.35. The van der Waals surface area contributed by atoms with Gasteiger partial charge in [-0.15, -0.1) is 0 Å².